The van der Waals surface area contributed by atoms with Crippen molar-refractivity contribution in [2.45, 2.75) is 12.5 Å². The standard InChI is InChI=1S/C27H24ClFN2O3/c1-30(2)22-13-7-18(8-14-22)24-23(25(32)19-5-11-21(29)12-6-19)26(33)27(34)31(24)16-15-17-3-9-20(28)10-4-17/h3-14,24,32H,15-16H2,1-2H3/b25-23-. The van der Waals surface area contributed by atoms with Gasteiger partial charge in [0.05, 0.1) is 11.6 Å². The van der Waals surface area contributed by atoms with Gasteiger partial charge in [-0.15, -0.1) is 0 Å². The number of likely N-dealkylation sites (tertiary alicyclic amines) is 1. The molecule has 1 aliphatic heterocycles. The van der Waals surface area contributed by atoms with Crippen molar-refractivity contribution in [2.75, 3.05) is 25.5 Å². The Balaban J connectivity index is 1.76. The third kappa shape index (κ3) is 4.68. The largest absolute Gasteiger partial charge is 0.507 e. The van der Waals surface area contributed by atoms with Gasteiger partial charge in [0.1, 0.15) is 11.6 Å². The minimum Gasteiger partial charge on any atom is -0.507 e. The molecule has 0 saturated carbocycles. The molecule has 0 bridgehead atoms. The number of carbonyl (C=O) groups is 2. The van der Waals surface area contributed by atoms with Crippen LogP contribution in [-0.4, -0.2) is 42.3 Å². The molecule has 0 aliphatic carbocycles. The minimum absolute atomic E-state index is 0.00897. The van der Waals surface area contributed by atoms with E-state index >= 15 is 0 Å². The van der Waals surface area contributed by atoms with E-state index in [1.54, 1.807) is 12.1 Å². The molecule has 5 nitrogen and oxygen atoms in total. The van der Waals surface area contributed by atoms with Gasteiger partial charge in [0.25, 0.3) is 11.7 Å². The lowest BCUT2D eigenvalue weighted by Crippen LogP contribution is -2.31. The molecule has 3 aromatic carbocycles. The number of halogens is 2. The van der Waals surface area contributed by atoms with Crippen molar-refractivity contribution in [1.82, 2.24) is 4.90 Å². The molecular weight excluding hydrogens is 455 g/mol. The van der Waals surface area contributed by atoms with Gasteiger partial charge >= 0.3 is 0 Å². The molecule has 1 saturated heterocycles. The predicted molar refractivity (Wildman–Crippen MR) is 131 cm³/mol. The van der Waals surface area contributed by atoms with E-state index in [0.29, 0.717) is 17.0 Å². The summed E-state index contributed by atoms with van der Waals surface area (Å²) >= 11 is 5.97. The van der Waals surface area contributed by atoms with Crippen molar-refractivity contribution in [3.05, 3.63) is 106 Å². The molecule has 1 unspecified atom stereocenters. The van der Waals surface area contributed by atoms with Crippen molar-refractivity contribution in [3.8, 4) is 0 Å². The first-order valence-electron chi connectivity index (χ1n) is 10.8. The zero-order valence-corrected chi connectivity index (χ0v) is 19.6. The van der Waals surface area contributed by atoms with Crippen LogP contribution in [0.3, 0.4) is 0 Å². The van der Waals surface area contributed by atoms with E-state index in [-0.39, 0.29) is 23.4 Å². The van der Waals surface area contributed by atoms with E-state index in [9.17, 15) is 19.1 Å². The van der Waals surface area contributed by atoms with Crippen LogP contribution in [0.25, 0.3) is 5.76 Å². The molecule has 4 rings (SSSR count). The first kappa shape index (κ1) is 23.5. The number of anilines is 1. The molecule has 34 heavy (non-hydrogen) atoms. The van der Waals surface area contributed by atoms with Gasteiger partial charge in [0.15, 0.2) is 0 Å². The fraction of sp³-hybridized carbons (Fsp3) is 0.185. The summed E-state index contributed by atoms with van der Waals surface area (Å²) in [5.41, 5.74) is 2.88. The van der Waals surface area contributed by atoms with E-state index in [1.165, 1.54) is 29.2 Å². The number of aliphatic hydroxyl groups excluding tert-OH is 1. The van der Waals surface area contributed by atoms with Gasteiger partial charge in [-0.05, 0) is 66.1 Å². The summed E-state index contributed by atoms with van der Waals surface area (Å²) < 4.78 is 13.4. The van der Waals surface area contributed by atoms with E-state index in [4.69, 9.17) is 11.6 Å². The average Bonchev–Trinajstić information content (AvgIpc) is 3.08. The summed E-state index contributed by atoms with van der Waals surface area (Å²) in [6, 6.07) is 19.2. The van der Waals surface area contributed by atoms with E-state index in [2.05, 4.69) is 0 Å². The Morgan fingerprint density at radius 2 is 1.59 bits per heavy atom. The number of rotatable bonds is 6. The molecule has 7 heteroatoms. The number of amides is 1. The monoisotopic (exact) mass is 478 g/mol. The first-order valence-corrected chi connectivity index (χ1v) is 11.2. The third-order valence-electron chi connectivity index (χ3n) is 5.94. The van der Waals surface area contributed by atoms with Crippen LogP contribution >= 0.6 is 11.6 Å². The number of hydrogen-bond donors (Lipinski definition) is 1. The van der Waals surface area contributed by atoms with Crippen LogP contribution in [0.1, 0.15) is 22.7 Å². The zero-order chi connectivity index (χ0) is 24.4. The average molecular weight is 479 g/mol. The normalized spacial score (nSPS) is 17.3. The quantitative estimate of drug-likeness (QED) is 0.300. The van der Waals surface area contributed by atoms with Crippen LogP contribution in [0.2, 0.25) is 5.02 Å². The topological polar surface area (TPSA) is 60.9 Å². The number of carbonyl (C=O) groups excluding carboxylic acids is 2. The smallest absolute Gasteiger partial charge is 0.295 e. The van der Waals surface area contributed by atoms with Gasteiger partial charge < -0.3 is 14.9 Å². The number of Topliss-reactive ketones (excluding diaryl/α,β-unsaturated/α-hetero) is 1. The fourth-order valence-corrected chi connectivity index (χ4v) is 4.20. The number of hydrogen-bond acceptors (Lipinski definition) is 4. The van der Waals surface area contributed by atoms with Crippen molar-refractivity contribution < 1.29 is 19.1 Å². The third-order valence-corrected chi connectivity index (χ3v) is 6.19. The fourth-order valence-electron chi connectivity index (χ4n) is 4.08. The second-order valence-electron chi connectivity index (χ2n) is 8.36. The lowest BCUT2D eigenvalue weighted by molar-refractivity contribution is -0.139. The van der Waals surface area contributed by atoms with E-state index in [0.717, 1.165) is 11.3 Å². The Morgan fingerprint density at radius 1 is 0.971 bits per heavy atom. The van der Waals surface area contributed by atoms with Crippen LogP contribution < -0.4 is 4.90 Å². The highest BCUT2D eigenvalue weighted by Gasteiger charge is 2.45. The number of aliphatic hydroxyl groups is 1. The molecule has 174 valence electrons. The number of benzene rings is 3. The molecule has 1 N–H and O–H groups in total. The van der Waals surface area contributed by atoms with Crippen LogP contribution in [0.4, 0.5) is 10.1 Å². The molecule has 1 aliphatic rings. The maximum Gasteiger partial charge on any atom is 0.295 e. The zero-order valence-electron chi connectivity index (χ0n) is 18.8. The van der Waals surface area contributed by atoms with Crippen LogP contribution in [0.5, 0.6) is 0 Å². The molecule has 1 heterocycles. The van der Waals surface area contributed by atoms with Crippen molar-refractivity contribution >= 4 is 34.7 Å². The summed E-state index contributed by atoms with van der Waals surface area (Å²) in [5.74, 6) is -2.23. The molecule has 1 amide bonds. The molecule has 0 aromatic heterocycles. The second-order valence-corrected chi connectivity index (χ2v) is 8.80. The molecular formula is C27H24ClFN2O3. The first-order chi connectivity index (χ1) is 16.3. The lowest BCUT2D eigenvalue weighted by Gasteiger charge is -2.26. The Hall–Kier alpha value is -3.64. The van der Waals surface area contributed by atoms with Crippen LogP contribution in [-0.2, 0) is 16.0 Å². The summed E-state index contributed by atoms with van der Waals surface area (Å²) in [4.78, 5) is 29.6. The summed E-state index contributed by atoms with van der Waals surface area (Å²) in [5, 5.41) is 11.7. The molecule has 3 aromatic rings. The molecule has 0 radical (unpaired) electrons. The number of nitrogens with zero attached hydrogens (tertiary/aromatic N) is 2. The van der Waals surface area contributed by atoms with Gasteiger partial charge in [0.2, 0.25) is 0 Å². The molecule has 0 spiro atoms. The maximum atomic E-state index is 13.4. The summed E-state index contributed by atoms with van der Waals surface area (Å²) in [7, 11) is 3.84. The van der Waals surface area contributed by atoms with Gasteiger partial charge in [-0.1, -0.05) is 35.9 Å². The Bertz CT molecular complexity index is 1240. The molecule has 1 atom stereocenters. The van der Waals surface area contributed by atoms with Gasteiger partial charge in [-0.2, -0.15) is 0 Å². The van der Waals surface area contributed by atoms with Gasteiger partial charge in [-0.3, -0.25) is 9.59 Å². The SMILES string of the molecule is CN(C)c1ccc(C2/C(=C(/O)c3ccc(F)cc3)C(=O)C(=O)N2CCc2ccc(Cl)cc2)cc1. The highest BCUT2D eigenvalue weighted by molar-refractivity contribution is 6.46. The highest BCUT2D eigenvalue weighted by atomic mass is 35.5. The van der Waals surface area contributed by atoms with Crippen molar-refractivity contribution in [3.63, 3.8) is 0 Å². The lowest BCUT2D eigenvalue weighted by atomic mass is 9.95. The predicted octanol–water partition coefficient (Wildman–Crippen LogP) is 5.21. The van der Waals surface area contributed by atoms with Crippen LogP contribution in [0, 0.1) is 5.82 Å². The second kappa shape index (κ2) is 9.69. The minimum atomic E-state index is -0.770. The van der Waals surface area contributed by atoms with Crippen molar-refractivity contribution in [2.24, 2.45) is 0 Å². The van der Waals surface area contributed by atoms with Gasteiger partial charge in [0, 0.05) is 36.9 Å². The number of ketones is 1. The van der Waals surface area contributed by atoms with E-state index in [1.807, 2.05) is 55.4 Å². The summed E-state index contributed by atoms with van der Waals surface area (Å²) in [6.45, 7) is 0.270. The van der Waals surface area contributed by atoms with Gasteiger partial charge in [-0.25, -0.2) is 4.39 Å². The Kier molecular flexibility index (Phi) is 6.70. The Labute approximate surface area is 202 Å². The maximum absolute atomic E-state index is 13.4. The van der Waals surface area contributed by atoms with Crippen LogP contribution in [0.15, 0.2) is 78.4 Å². The Morgan fingerprint density at radius 3 is 2.18 bits per heavy atom. The molecule has 1 fully saturated rings. The van der Waals surface area contributed by atoms with E-state index < -0.39 is 23.5 Å². The van der Waals surface area contributed by atoms with Crippen molar-refractivity contribution in [1.29, 1.82) is 0 Å². The highest BCUT2D eigenvalue weighted by Crippen LogP contribution is 2.40. The summed E-state index contributed by atoms with van der Waals surface area (Å²) in [6.07, 6.45) is 0.507.